The second-order valence-corrected chi connectivity index (χ2v) is 5.75. The maximum absolute atomic E-state index is 12.6. The van der Waals surface area contributed by atoms with Gasteiger partial charge in [0.25, 0.3) is 0 Å². The van der Waals surface area contributed by atoms with Gasteiger partial charge in [0.15, 0.2) is 0 Å². The average molecular weight is 410 g/mol. The molecule has 0 atom stereocenters. The molecule has 1 nitrogen and oxygen atoms in total. The fourth-order valence-corrected chi connectivity index (χ4v) is 2.80. The summed E-state index contributed by atoms with van der Waals surface area (Å²) in [5.74, 6) is 0.634. The molecule has 0 bridgehead atoms. The summed E-state index contributed by atoms with van der Waals surface area (Å²) < 4.78 is 44.2. The minimum absolute atomic E-state index is 0.376. The highest BCUT2D eigenvalue weighted by Crippen LogP contribution is 2.39. The molecule has 0 N–H and O–H groups in total. The lowest BCUT2D eigenvalue weighted by Gasteiger charge is -2.12. The first-order valence-electron chi connectivity index (χ1n) is 5.53. The molecular formula is C14H9Br2F3O. The van der Waals surface area contributed by atoms with Crippen LogP contribution in [0, 0.1) is 0 Å². The van der Waals surface area contributed by atoms with Gasteiger partial charge in [-0.3, -0.25) is 0 Å². The number of alkyl halides is 3. The predicted octanol–water partition coefficient (Wildman–Crippen LogP) is 5.91. The first kappa shape index (κ1) is 15.4. The van der Waals surface area contributed by atoms with Crippen LogP contribution in [0.4, 0.5) is 13.2 Å². The first-order valence-corrected chi connectivity index (χ1v) is 7.12. The molecule has 2 aromatic rings. The van der Waals surface area contributed by atoms with Gasteiger partial charge < -0.3 is 4.74 Å². The SMILES string of the molecule is COc1ccc(Br)c(-c2ccc(C(F)(F)F)cc2Br)c1. The lowest BCUT2D eigenvalue weighted by atomic mass is 10.0. The second-order valence-electron chi connectivity index (χ2n) is 4.04. The van der Waals surface area contributed by atoms with Crippen molar-refractivity contribution in [3.8, 4) is 16.9 Å². The maximum atomic E-state index is 12.6. The Morgan fingerprint density at radius 1 is 0.900 bits per heavy atom. The molecule has 0 spiro atoms. The van der Waals surface area contributed by atoms with Crippen LogP contribution >= 0.6 is 31.9 Å². The summed E-state index contributed by atoms with van der Waals surface area (Å²) in [4.78, 5) is 0. The van der Waals surface area contributed by atoms with Crippen molar-refractivity contribution in [2.45, 2.75) is 6.18 Å². The van der Waals surface area contributed by atoms with Crippen LogP contribution in [0.1, 0.15) is 5.56 Å². The number of benzene rings is 2. The molecule has 0 heterocycles. The summed E-state index contributed by atoms with van der Waals surface area (Å²) in [6.45, 7) is 0. The lowest BCUT2D eigenvalue weighted by Crippen LogP contribution is -2.04. The molecule has 0 radical (unpaired) electrons. The average Bonchev–Trinajstić information content (AvgIpc) is 2.38. The van der Waals surface area contributed by atoms with E-state index in [4.69, 9.17) is 4.74 Å². The topological polar surface area (TPSA) is 9.23 Å². The summed E-state index contributed by atoms with van der Waals surface area (Å²) in [5, 5.41) is 0. The van der Waals surface area contributed by atoms with Crippen LogP contribution in [0.15, 0.2) is 45.3 Å². The van der Waals surface area contributed by atoms with Gasteiger partial charge >= 0.3 is 6.18 Å². The van der Waals surface area contributed by atoms with Crippen molar-refractivity contribution < 1.29 is 17.9 Å². The smallest absolute Gasteiger partial charge is 0.416 e. The third-order valence-corrected chi connectivity index (χ3v) is 4.11. The molecule has 0 saturated heterocycles. The Bertz CT molecular complexity index is 639. The molecule has 0 aromatic heterocycles. The van der Waals surface area contributed by atoms with Crippen molar-refractivity contribution >= 4 is 31.9 Å². The highest BCUT2D eigenvalue weighted by atomic mass is 79.9. The predicted molar refractivity (Wildman–Crippen MR) is 78.8 cm³/mol. The van der Waals surface area contributed by atoms with Gasteiger partial charge in [0.05, 0.1) is 12.7 Å². The van der Waals surface area contributed by atoms with E-state index in [1.165, 1.54) is 13.2 Å². The Hall–Kier alpha value is -1.01. The van der Waals surface area contributed by atoms with Crippen LogP contribution < -0.4 is 4.74 Å². The van der Waals surface area contributed by atoms with Gasteiger partial charge in [0.2, 0.25) is 0 Å². The summed E-state index contributed by atoms with van der Waals surface area (Å²) in [6, 6.07) is 8.89. The van der Waals surface area contributed by atoms with Gasteiger partial charge in [0, 0.05) is 14.5 Å². The van der Waals surface area contributed by atoms with Crippen molar-refractivity contribution in [2.24, 2.45) is 0 Å². The van der Waals surface area contributed by atoms with E-state index >= 15 is 0 Å². The van der Waals surface area contributed by atoms with Gasteiger partial charge in [-0.15, -0.1) is 0 Å². The quantitative estimate of drug-likeness (QED) is 0.599. The fraction of sp³-hybridized carbons (Fsp3) is 0.143. The fourth-order valence-electron chi connectivity index (χ4n) is 1.75. The highest BCUT2D eigenvalue weighted by Gasteiger charge is 2.31. The van der Waals surface area contributed by atoms with Crippen LogP contribution in [-0.4, -0.2) is 7.11 Å². The lowest BCUT2D eigenvalue weighted by molar-refractivity contribution is -0.137. The van der Waals surface area contributed by atoms with E-state index in [1.54, 1.807) is 18.2 Å². The van der Waals surface area contributed by atoms with Crippen LogP contribution in [0.25, 0.3) is 11.1 Å². The zero-order valence-electron chi connectivity index (χ0n) is 10.3. The van der Waals surface area contributed by atoms with E-state index in [1.807, 2.05) is 0 Å². The molecule has 2 aromatic carbocycles. The van der Waals surface area contributed by atoms with E-state index in [0.717, 1.165) is 22.2 Å². The van der Waals surface area contributed by atoms with Crippen molar-refractivity contribution in [3.05, 3.63) is 50.9 Å². The van der Waals surface area contributed by atoms with Gasteiger partial charge in [-0.1, -0.05) is 37.9 Å². The number of rotatable bonds is 2. The molecule has 0 fully saturated rings. The standard InChI is InChI=1S/C14H9Br2F3O/c1-20-9-3-5-12(15)11(7-9)10-4-2-8(6-13(10)16)14(17,18)19/h2-7H,1H3. The van der Waals surface area contributed by atoms with Gasteiger partial charge in [-0.2, -0.15) is 13.2 Å². The minimum atomic E-state index is -4.35. The zero-order chi connectivity index (χ0) is 14.9. The molecule has 20 heavy (non-hydrogen) atoms. The van der Waals surface area contributed by atoms with E-state index < -0.39 is 11.7 Å². The molecule has 106 valence electrons. The number of hydrogen-bond acceptors (Lipinski definition) is 1. The largest absolute Gasteiger partial charge is 0.497 e. The minimum Gasteiger partial charge on any atom is -0.497 e. The Labute approximate surface area is 131 Å². The second kappa shape index (κ2) is 5.77. The molecule has 0 amide bonds. The number of ether oxygens (including phenoxy) is 1. The summed E-state index contributed by atoms with van der Waals surface area (Å²) >= 11 is 6.59. The molecule has 0 saturated carbocycles. The number of hydrogen-bond donors (Lipinski definition) is 0. The van der Waals surface area contributed by atoms with Gasteiger partial charge in [0.1, 0.15) is 5.75 Å². The highest BCUT2D eigenvalue weighted by molar-refractivity contribution is 9.11. The monoisotopic (exact) mass is 408 g/mol. The van der Waals surface area contributed by atoms with Gasteiger partial charge in [-0.05, 0) is 35.9 Å². The molecule has 0 unspecified atom stereocenters. The number of halogens is 5. The molecule has 2 rings (SSSR count). The summed E-state index contributed by atoms with van der Waals surface area (Å²) in [7, 11) is 1.54. The van der Waals surface area contributed by atoms with Crippen LogP contribution in [0.5, 0.6) is 5.75 Å². The van der Waals surface area contributed by atoms with Crippen LogP contribution in [0.2, 0.25) is 0 Å². The van der Waals surface area contributed by atoms with Crippen molar-refractivity contribution in [1.29, 1.82) is 0 Å². The van der Waals surface area contributed by atoms with E-state index in [9.17, 15) is 13.2 Å². The maximum Gasteiger partial charge on any atom is 0.416 e. The molecule has 0 aliphatic heterocycles. The summed E-state index contributed by atoms with van der Waals surface area (Å²) in [6.07, 6.45) is -4.35. The molecule has 0 aliphatic rings. The van der Waals surface area contributed by atoms with Gasteiger partial charge in [-0.25, -0.2) is 0 Å². The summed E-state index contributed by atoms with van der Waals surface area (Å²) in [5.41, 5.74) is 0.723. The Balaban J connectivity index is 2.54. The van der Waals surface area contributed by atoms with E-state index in [-0.39, 0.29) is 0 Å². The third kappa shape index (κ3) is 3.17. The third-order valence-electron chi connectivity index (χ3n) is 2.76. The van der Waals surface area contributed by atoms with Crippen molar-refractivity contribution in [2.75, 3.05) is 7.11 Å². The van der Waals surface area contributed by atoms with Crippen LogP contribution in [0.3, 0.4) is 0 Å². The zero-order valence-corrected chi connectivity index (χ0v) is 13.4. The van der Waals surface area contributed by atoms with Crippen LogP contribution in [-0.2, 0) is 6.18 Å². The Kier molecular flexibility index (Phi) is 4.44. The van der Waals surface area contributed by atoms with Crippen molar-refractivity contribution in [3.63, 3.8) is 0 Å². The van der Waals surface area contributed by atoms with Crippen molar-refractivity contribution in [1.82, 2.24) is 0 Å². The normalized spacial score (nSPS) is 11.5. The number of methoxy groups -OCH3 is 1. The van der Waals surface area contributed by atoms with E-state index in [0.29, 0.717) is 15.8 Å². The molecule has 0 aliphatic carbocycles. The molecule has 6 heteroatoms. The van der Waals surface area contributed by atoms with E-state index in [2.05, 4.69) is 31.9 Å². The molecular weight excluding hydrogens is 401 g/mol. The Morgan fingerprint density at radius 3 is 2.15 bits per heavy atom. The first-order chi connectivity index (χ1) is 9.32. The Morgan fingerprint density at radius 2 is 1.60 bits per heavy atom.